The minimum Gasteiger partial charge on any atom is -0.287 e. The van der Waals surface area contributed by atoms with Crippen molar-refractivity contribution in [3.05, 3.63) is 6.92 Å². The van der Waals surface area contributed by atoms with Gasteiger partial charge in [0.1, 0.15) is 6.04 Å². The van der Waals surface area contributed by atoms with Crippen molar-refractivity contribution in [1.82, 2.24) is 14.7 Å². The molecule has 0 aromatic carbocycles. The van der Waals surface area contributed by atoms with Crippen LogP contribution in [0.15, 0.2) is 0 Å². The summed E-state index contributed by atoms with van der Waals surface area (Å²) in [5, 5.41) is 0. The molecule has 0 aliphatic heterocycles. The second-order valence-corrected chi connectivity index (χ2v) is 8.89. The van der Waals surface area contributed by atoms with Crippen molar-refractivity contribution < 1.29 is 0 Å². The number of terminal acetylenes is 1. The van der Waals surface area contributed by atoms with E-state index in [1.165, 1.54) is 0 Å². The lowest BCUT2D eigenvalue weighted by atomic mass is 9.81. The van der Waals surface area contributed by atoms with Crippen LogP contribution in [0.5, 0.6) is 0 Å². The van der Waals surface area contributed by atoms with Crippen LogP contribution in [-0.2, 0) is 0 Å². The summed E-state index contributed by atoms with van der Waals surface area (Å²) < 4.78 is 0. The Kier molecular flexibility index (Phi) is 26.9. The summed E-state index contributed by atoms with van der Waals surface area (Å²) in [5.74, 6) is 9.26. The molecule has 1 atom stereocenters. The van der Waals surface area contributed by atoms with E-state index in [-0.39, 0.29) is 8.41 Å². The van der Waals surface area contributed by atoms with Crippen molar-refractivity contribution in [3.8, 4) is 24.2 Å². The second kappa shape index (κ2) is 22.3. The first kappa shape index (κ1) is 37.4. The van der Waals surface area contributed by atoms with Gasteiger partial charge in [-0.3, -0.25) is 9.80 Å². The lowest BCUT2D eigenvalue weighted by Crippen LogP contribution is -2.38. The summed E-state index contributed by atoms with van der Waals surface area (Å²) in [6, 6.07) is 3.03. The molecule has 0 bridgehead atoms. The number of rotatable bonds is 9. The topological polar surface area (TPSA) is 9.72 Å². The third-order valence-electron chi connectivity index (χ3n) is 4.80. The van der Waals surface area contributed by atoms with Crippen molar-refractivity contribution in [3.63, 3.8) is 0 Å². The highest BCUT2D eigenvalue weighted by Crippen LogP contribution is 2.05. The average molecular weight is 423 g/mol. The van der Waals surface area contributed by atoms with E-state index in [0.717, 1.165) is 13.1 Å². The van der Waals surface area contributed by atoms with E-state index in [4.69, 9.17) is 6.42 Å². The van der Waals surface area contributed by atoms with Crippen LogP contribution in [0.2, 0.25) is 0 Å². The number of hydrogen-bond donors (Lipinski definition) is 0. The quantitative estimate of drug-likeness (QED) is 0.319. The summed E-state index contributed by atoms with van der Waals surface area (Å²) >= 11 is 0. The van der Waals surface area contributed by atoms with E-state index in [2.05, 4.69) is 131 Å². The monoisotopic (exact) mass is 423 g/mol. The molecule has 0 N–H and O–H groups in total. The molecular formula is C25H48B3N3+. The molecule has 1 unspecified atom stereocenters. The van der Waals surface area contributed by atoms with Crippen LogP contribution in [0.25, 0.3) is 0 Å². The van der Waals surface area contributed by atoms with Gasteiger partial charge in [-0.05, 0) is 76.2 Å². The molecule has 0 aromatic heterocycles. The summed E-state index contributed by atoms with van der Waals surface area (Å²) in [5.41, 5.74) is 0. The fourth-order valence-corrected chi connectivity index (χ4v) is 3.17. The Labute approximate surface area is 201 Å². The van der Waals surface area contributed by atoms with Gasteiger partial charge in [-0.2, -0.15) is 0 Å². The molecule has 0 spiro atoms. The van der Waals surface area contributed by atoms with Gasteiger partial charge in [0.15, 0.2) is 0 Å². The molecule has 0 saturated heterocycles. The molecule has 0 aliphatic rings. The van der Waals surface area contributed by atoms with E-state index in [1.807, 2.05) is 0 Å². The van der Waals surface area contributed by atoms with E-state index >= 15 is 0 Å². The van der Waals surface area contributed by atoms with Crippen LogP contribution in [-0.4, -0.2) is 94.5 Å². The van der Waals surface area contributed by atoms with Crippen LogP contribution in [0.4, 0.5) is 0 Å². The molecule has 0 heterocycles. The Balaban J connectivity index is -0.000000239. The normalized spacial score (nSPS) is 11.5. The molecule has 6 heteroatoms. The van der Waals surface area contributed by atoms with Gasteiger partial charge in [0.25, 0.3) is 0 Å². The van der Waals surface area contributed by atoms with Crippen molar-refractivity contribution >= 4 is 23.9 Å². The van der Waals surface area contributed by atoms with Gasteiger partial charge in [0.2, 0.25) is 0 Å². The molecular weight excluding hydrogens is 375 g/mol. The zero-order valence-corrected chi connectivity index (χ0v) is 22.4. The summed E-state index contributed by atoms with van der Waals surface area (Å²) in [4.78, 5) is 7.00. The van der Waals surface area contributed by atoms with Crippen molar-refractivity contribution in [2.24, 2.45) is 0 Å². The Morgan fingerprint density at radius 1 is 0.613 bits per heavy atom. The summed E-state index contributed by atoms with van der Waals surface area (Å²) in [6.45, 7) is 30.5. The minimum atomic E-state index is 0. The van der Waals surface area contributed by atoms with Crippen molar-refractivity contribution in [2.45, 2.75) is 112 Å². The third-order valence-corrected chi connectivity index (χ3v) is 4.80. The molecule has 0 rings (SSSR count). The number of nitrogens with zero attached hydrogens (tertiary/aromatic N) is 3. The van der Waals surface area contributed by atoms with Crippen LogP contribution in [0.1, 0.15) is 76.2 Å². The molecule has 0 aromatic rings. The smallest absolute Gasteiger partial charge is 0.147 e. The Bertz CT molecular complexity index is 436. The third kappa shape index (κ3) is 19.5. The first-order valence-corrected chi connectivity index (χ1v) is 11.2. The molecule has 171 valence electrons. The molecule has 3 nitrogen and oxygen atoms in total. The van der Waals surface area contributed by atoms with E-state index in [1.54, 1.807) is 0 Å². The first-order valence-electron chi connectivity index (χ1n) is 11.2. The summed E-state index contributed by atoms with van der Waals surface area (Å²) in [7, 11) is 8.00. The zero-order valence-electron chi connectivity index (χ0n) is 22.4. The number of hydrogen-bond acceptors (Lipinski definition) is 3. The standard InChI is InChI=1S/C16H32N2.C9H16N.B2.B/c1-13(2)17(14(3)4)11-9-10-12-18(15(5)6)16(7)8;1-6-7-10(8(2)3)9(4)5;1-2;/h13-16H,11-12H2,1-8H3;1,8-9H,2,7H2,3-5H3;;/q;+1;;. The molecule has 31 heavy (non-hydrogen) atoms. The maximum Gasteiger partial charge on any atom is 0.147 e. The van der Waals surface area contributed by atoms with E-state index < -0.39 is 0 Å². The predicted molar refractivity (Wildman–Crippen MR) is 144 cm³/mol. The minimum absolute atomic E-state index is 0. The molecule has 0 amide bonds. The maximum atomic E-state index is 5.19. The van der Waals surface area contributed by atoms with Crippen molar-refractivity contribution in [1.29, 1.82) is 0 Å². The lowest BCUT2D eigenvalue weighted by molar-refractivity contribution is 0.196. The Morgan fingerprint density at radius 3 is 1.00 bits per heavy atom. The molecule has 0 aliphatic carbocycles. The SMILES string of the molecule is C#CCN(C([CH2+])C)C(C)C.CC(C)N(CC#CCN(C(C)C)C(C)C)C(C)C.[B].[B][B]. The van der Waals surface area contributed by atoms with Crippen LogP contribution in [0.3, 0.4) is 0 Å². The van der Waals surface area contributed by atoms with Crippen LogP contribution < -0.4 is 0 Å². The predicted octanol–water partition coefficient (Wildman–Crippen LogP) is 3.64. The lowest BCUT2D eigenvalue weighted by Gasteiger charge is -2.29. The van der Waals surface area contributed by atoms with E-state index in [0.29, 0.717) is 42.8 Å². The van der Waals surface area contributed by atoms with Gasteiger partial charge in [0.05, 0.1) is 26.6 Å². The fourth-order valence-electron chi connectivity index (χ4n) is 3.17. The molecule has 0 fully saturated rings. The summed E-state index contributed by atoms with van der Waals surface area (Å²) in [6.07, 6.45) is 5.19. The van der Waals surface area contributed by atoms with Gasteiger partial charge in [0, 0.05) is 54.1 Å². The van der Waals surface area contributed by atoms with Crippen LogP contribution in [0, 0.1) is 31.1 Å². The molecule has 7 radical (unpaired) electrons. The highest BCUT2D eigenvalue weighted by atomic mass is 15.2. The van der Waals surface area contributed by atoms with E-state index in [9.17, 15) is 0 Å². The van der Waals surface area contributed by atoms with Crippen LogP contribution >= 0.6 is 0 Å². The fraction of sp³-hybridized carbons (Fsp3) is 0.800. The van der Waals surface area contributed by atoms with Crippen molar-refractivity contribution in [2.75, 3.05) is 19.6 Å². The maximum absolute atomic E-state index is 5.19. The highest BCUT2D eigenvalue weighted by Gasteiger charge is 2.15. The zero-order chi connectivity index (χ0) is 24.4. The molecule has 0 saturated carbocycles. The average Bonchev–Trinajstić information content (AvgIpc) is 2.62. The van der Waals surface area contributed by atoms with Gasteiger partial charge in [-0.25, -0.2) is 4.90 Å². The highest BCUT2D eigenvalue weighted by molar-refractivity contribution is 6.75. The Hall–Kier alpha value is -0.935. The van der Waals surface area contributed by atoms with Gasteiger partial charge in [-0.1, -0.05) is 17.8 Å². The van der Waals surface area contributed by atoms with Gasteiger partial charge in [-0.15, -0.1) is 6.42 Å². The second-order valence-electron chi connectivity index (χ2n) is 8.89. The van der Waals surface area contributed by atoms with Gasteiger partial charge < -0.3 is 0 Å². The largest absolute Gasteiger partial charge is 0.287 e. The van der Waals surface area contributed by atoms with Gasteiger partial charge >= 0.3 is 0 Å². The Morgan fingerprint density at radius 2 is 0.871 bits per heavy atom. The first-order chi connectivity index (χ1) is 13.9.